The van der Waals surface area contributed by atoms with Gasteiger partial charge in [0.1, 0.15) is 0 Å². The molecule has 0 saturated carbocycles. The Morgan fingerprint density at radius 3 is 2.25 bits per heavy atom. The number of ether oxygens (including phenoxy) is 1. The molecule has 0 saturated heterocycles. The lowest BCUT2D eigenvalue weighted by Gasteiger charge is -2.29. The Labute approximate surface area is 94.2 Å². The topological polar surface area (TPSA) is 32.7 Å². The van der Waals surface area contributed by atoms with E-state index in [1.807, 2.05) is 0 Å². The zero-order chi connectivity index (χ0) is 12.8. The molecule has 1 unspecified atom stereocenters. The summed E-state index contributed by atoms with van der Waals surface area (Å²) in [6, 6.07) is -0.266. The van der Waals surface area contributed by atoms with Gasteiger partial charge in [-0.15, -0.1) is 0 Å². The molecule has 0 aromatic rings. The Hall–Kier alpha value is -0.330. The highest BCUT2D eigenvalue weighted by molar-refractivity contribution is 4.71. The van der Waals surface area contributed by atoms with Gasteiger partial charge in [0.05, 0.1) is 19.3 Å². The monoisotopic (exact) mass is 243 g/mol. The number of hydrogen-bond acceptors (Lipinski definition) is 3. The van der Waals surface area contributed by atoms with Crippen molar-refractivity contribution in [3.8, 4) is 0 Å². The summed E-state index contributed by atoms with van der Waals surface area (Å²) in [5.74, 6) is 0. The standard InChI is InChI=1S/C10H20F3NO2/c1-4-16-6-9(15)5-14(8(2)3)7-10(11,12)13/h8-9,15H,4-7H2,1-3H3. The van der Waals surface area contributed by atoms with E-state index < -0.39 is 18.8 Å². The van der Waals surface area contributed by atoms with Crippen LogP contribution >= 0.6 is 0 Å². The normalized spacial score (nSPS) is 14.8. The summed E-state index contributed by atoms with van der Waals surface area (Å²) in [4.78, 5) is 1.18. The van der Waals surface area contributed by atoms with Gasteiger partial charge < -0.3 is 9.84 Å². The third-order valence-corrected chi connectivity index (χ3v) is 2.07. The Balaban J connectivity index is 4.12. The summed E-state index contributed by atoms with van der Waals surface area (Å²) in [5.41, 5.74) is 0. The van der Waals surface area contributed by atoms with E-state index in [0.717, 1.165) is 0 Å². The molecule has 98 valence electrons. The molecule has 0 aliphatic carbocycles. The predicted octanol–water partition coefficient (Wildman–Crippen LogP) is 1.66. The maximum atomic E-state index is 12.2. The van der Waals surface area contributed by atoms with Crippen LogP contribution < -0.4 is 0 Å². The molecule has 0 radical (unpaired) electrons. The summed E-state index contributed by atoms with van der Waals surface area (Å²) in [6.07, 6.45) is -5.13. The molecule has 0 bridgehead atoms. The third kappa shape index (κ3) is 7.90. The van der Waals surface area contributed by atoms with Gasteiger partial charge in [0.15, 0.2) is 0 Å². The molecule has 0 aromatic heterocycles. The van der Waals surface area contributed by atoms with E-state index >= 15 is 0 Å². The van der Waals surface area contributed by atoms with Crippen molar-refractivity contribution >= 4 is 0 Å². The van der Waals surface area contributed by atoms with Crippen LogP contribution in [0.2, 0.25) is 0 Å². The van der Waals surface area contributed by atoms with Crippen molar-refractivity contribution < 1.29 is 23.0 Å². The number of halogens is 3. The van der Waals surface area contributed by atoms with Gasteiger partial charge in [0, 0.05) is 19.2 Å². The average Bonchev–Trinajstić information content (AvgIpc) is 2.11. The summed E-state index contributed by atoms with van der Waals surface area (Å²) in [5, 5.41) is 9.46. The van der Waals surface area contributed by atoms with Crippen molar-refractivity contribution in [2.45, 2.75) is 39.1 Å². The van der Waals surface area contributed by atoms with Gasteiger partial charge in [-0.25, -0.2) is 0 Å². The number of aliphatic hydroxyl groups excluding tert-OH is 1. The van der Waals surface area contributed by atoms with Gasteiger partial charge >= 0.3 is 6.18 Å². The summed E-state index contributed by atoms with van der Waals surface area (Å²) < 4.78 is 41.6. The Bertz CT molecular complexity index is 185. The molecule has 0 aliphatic heterocycles. The molecule has 0 fully saturated rings. The fraction of sp³-hybridized carbons (Fsp3) is 1.00. The number of aliphatic hydroxyl groups is 1. The second kappa shape index (κ2) is 7.09. The zero-order valence-electron chi connectivity index (χ0n) is 9.92. The summed E-state index contributed by atoms with van der Waals surface area (Å²) in [6.45, 7) is 4.57. The van der Waals surface area contributed by atoms with Crippen molar-refractivity contribution in [2.24, 2.45) is 0 Å². The van der Waals surface area contributed by atoms with Crippen LogP contribution in [-0.2, 0) is 4.74 Å². The maximum Gasteiger partial charge on any atom is 0.401 e. The first-order chi connectivity index (χ1) is 7.26. The molecule has 0 aromatic carbocycles. The Kier molecular flexibility index (Phi) is 6.94. The first kappa shape index (κ1) is 15.7. The first-order valence-corrected chi connectivity index (χ1v) is 5.33. The van der Waals surface area contributed by atoms with Crippen molar-refractivity contribution in [1.82, 2.24) is 4.90 Å². The van der Waals surface area contributed by atoms with Crippen LogP contribution in [0, 0.1) is 0 Å². The van der Waals surface area contributed by atoms with E-state index in [-0.39, 0.29) is 19.2 Å². The molecule has 16 heavy (non-hydrogen) atoms. The molecule has 3 nitrogen and oxygen atoms in total. The van der Waals surface area contributed by atoms with Crippen LogP contribution in [0.5, 0.6) is 0 Å². The highest BCUT2D eigenvalue weighted by atomic mass is 19.4. The molecule has 0 amide bonds. The van der Waals surface area contributed by atoms with Gasteiger partial charge in [-0.05, 0) is 20.8 Å². The lowest BCUT2D eigenvalue weighted by molar-refractivity contribution is -0.153. The highest BCUT2D eigenvalue weighted by Crippen LogP contribution is 2.18. The lowest BCUT2D eigenvalue weighted by Crippen LogP contribution is -2.44. The van der Waals surface area contributed by atoms with Crippen LogP contribution in [0.15, 0.2) is 0 Å². The second-order valence-electron chi connectivity index (χ2n) is 3.95. The fourth-order valence-electron chi connectivity index (χ4n) is 1.27. The van der Waals surface area contributed by atoms with Crippen LogP contribution in [-0.4, -0.2) is 54.6 Å². The van der Waals surface area contributed by atoms with Crippen molar-refractivity contribution in [3.63, 3.8) is 0 Å². The van der Waals surface area contributed by atoms with Gasteiger partial charge in [-0.3, -0.25) is 4.90 Å². The van der Waals surface area contributed by atoms with E-state index in [9.17, 15) is 18.3 Å². The first-order valence-electron chi connectivity index (χ1n) is 5.33. The number of rotatable bonds is 7. The van der Waals surface area contributed by atoms with Crippen LogP contribution in [0.3, 0.4) is 0 Å². The Morgan fingerprint density at radius 2 is 1.88 bits per heavy atom. The van der Waals surface area contributed by atoms with E-state index in [1.165, 1.54) is 4.90 Å². The lowest BCUT2D eigenvalue weighted by atomic mass is 10.2. The molecular formula is C10H20F3NO2. The van der Waals surface area contributed by atoms with Crippen molar-refractivity contribution in [2.75, 3.05) is 26.3 Å². The largest absolute Gasteiger partial charge is 0.401 e. The molecule has 0 spiro atoms. The minimum absolute atomic E-state index is 0.0306. The molecule has 1 atom stereocenters. The highest BCUT2D eigenvalue weighted by Gasteiger charge is 2.32. The smallest absolute Gasteiger partial charge is 0.389 e. The van der Waals surface area contributed by atoms with Gasteiger partial charge in [0.25, 0.3) is 0 Å². The third-order valence-electron chi connectivity index (χ3n) is 2.07. The molecule has 0 heterocycles. The molecule has 1 N–H and O–H groups in total. The van der Waals surface area contributed by atoms with E-state index in [4.69, 9.17) is 4.74 Å². The van der Waals surface area contributed by atoms with Gasteiger partial charge in [-0.2, -0.15) is 13.2 Å². The van der Waals surface area contributed by atoms with Crippen LogP contribution in [0.25, 0.3) is 0 Å². The summed E-state index contributed by atoms with van der Waals surface area (Å²) in [7, 11) is 0. The number of alkyl halides is 3. The maximum absolute atomic E-state index is 12.2. The Morgan fingerprint density at radius 1 is 1.31 bits per heavy atom. The second-order valence-corrected chi connectivity index (χ2v) is 3.95. The van der Waals surface area contributed by atoms with Gasteiger partial charge in [-0.1, -0.05) is 0 Å². The van der Waals surface area contributed by atoms with E-state index in [2.05, 4.69) is 0 Å². The van der Waals surface area contributed by atoms with Gasteiger partial charge in [0.2, 0.25) is 0 Å². The van der Waals surface area contributed by atoms with Crippen molar-refractivity contribution in [3.05, 3.63) is 0 Å². The fourth-order valence-corrected chi connectivity index (χ4v) is 1.27. The zero-order valence-corrected chi connectivity index (χ0v) is 9.92. The molecular weight excluding hydrogens is 223 g/mol. The van der Waals surface area contributed by atoms with Crippen molar-refractivity contribution in [1.29, 1.82) is 0 Å². The minimum Gasteiger partial charge on any atom is -0.389 e. The van der Waals surface area contributed by atoms with E-state index in [1.54, 1.807) is 20.8 Å². The van der Waals surface area contributed by atoms with Crippen LogP contribution in [0.4, 0.5) is 13.2 Å². The van der Waals surface area contributed by atoms with E-state index in [0.29, 0.717) is 6.61 Å². The summed E-state index contributed by atoms with van der Waals surface area (Å²) >= 11 is 0. The minimum atomic E-state index is -4.24. The predicted molar refractivity (Wildman–Crippen MR) is 55.3 cm³/mol. The average molecular weight is 243 g/mol. The van der Waals surface area contributed by atoms with Crippen LogP contribution in [0.1, 0.15) is 20.8 Å². The quantitative estimate of drug-likeness (QED) is 0.738. The molecule has 6 heteroatoms. The number of nitrogens with zero attached hydrogens (tertiary/aromatic N) is 1. The SMILES string of the molecule is CCOCC(O)CN(CC(F)(F)F)C(C)C. The number of hydrogen-bond donors (Lipinski definition) is 1. The molecule has 0 rings (SSSR count). The molecule has 0 aliphatic rings.